The molecule has 0 fully saturated rings. The molecule has 1 amide bonds. The lowest BCUT2D eigenvalue weighted by Gasteiger charge is -2.19. The Morgan fingerprint density at radius 1 is 1.13 bits per heavy atom. The van der Waals surface area contributed by atoms with Gasteiger partial charge in [0.1, 0.15) is 13.2 Å². The molecule has 1 aliphatic heterocycles. The molecule has 0 aliphatic carbocycles. The van der Waals surface area contributed by atoms with E-state index in [-0.39, 0.29) is 6.61 Å². The average Bonchev–Trinajstić information content (AvgIpc) is 3.21. The lowest BCUT2D eigenvalue weighted by atomic mass is 10.2. The lowest BCUT2D eigenvalue weighted by Crippen LogP contribution is -2.21. The van der Waals surface area contributed by atoms with Crippen molar-refractivity contribution in [3.63, 3.8) is 0 Å². The first-order chi connectivity index (χ1) is 15.1. The summed E-state index contributed by atoms with van der Waals surface area (Å²) in [5, 5.41) is 5.78. The zero-order valence-corrected chi connectivity index (χ0v) is 18.4. The maximum absolute atomic E-state index is 12.2. The summed E-state index contributed by atoms with van der Waals surface area (Å²) in [6, 6.07) is 12.2. The molecule has 9 heteroatoms. The number of fused-ring (bicyclic) bond motifs is 1. The van der Waals surface area contributed by atoms with Gasteiger partial charge in [0.2, 0.25) is 0 Å². The largest absolute Gasteiger partial charge is 0.486 e. The van der Waals surface area contributed by atoms with Gasteiger partial charge in [0.15, 0.2) is 18.1 Å². The standard InChI is InChI=1S/C22H20N2O5S2/c1-14-23-17(12-30-14)13-31-18-5-2-15(3-6-18)22(26)29-11-21(25)24-16-4-7-19-20(10-16)28-9-8-27-19/h2-7,10,12H,8-9,11,13H2,1H3,(H,24,25). The molecule has 1 aliphatic rings. The maximum atomic E-state index is 12.2. The third kappa shape index (κ3) is 5.77. The Hall–Kier alpha value is -3.04. The van der Waals surface area contributed by atoms with Gasteiger partial charge < -0.3 is 19.5 Å². The molecular formula is C22H20N2O5S2. The van der Waals surface area contributed by atoms with Crippen molar-refractivity contribution in [1.82, 2.24) is 4.98 Å². The second kappa shape index (κ2) is 9.84. The van der Waals surface area contributed by atoms with Gasteiger partial charge in [0.25, 0.3) is 5.91 Å². The number of hydrogen-bond donors (Lipinski definition) is 1. The Balaban J connectivity index is 1.24. The van der Waals surface area contributed by atoms with Crippen molar-refractivity contribution in [2.45, 2.75) is 17.6 Å². The van der Waals surface area contributed by atoms with Crippen LogP contribution in [0.15, 0.2) is 52.7 Å². The zero-order valence-electron chi connectivity index (χ0n) is 16.8. The number of rotatable bonds is 7. The van der Waals surface area contributed by atoms with E-state index < -0.39 is 11.9 Å². The smallest absolute Gasteiger partial charge is 0.338 e. The highest BCUT2D eigenvalue weighted by molar-refractivity contribution is 7.98. The molecule has 1 N–H and O–H groups in total. The van der Waals surface area contributed by atoms with E-state index in [2.05, 4.69) is 10.3 Å². The minimum Gasteiger partial charge on any atom is -0.486 e. The second-order valence-corrected chi connectivity index (χ2v) is 8.76. The zero-order chi connectivity index (χ0) is 21.6. The molecule has 0 radical (unpaired) electrons. The molecule has 3 aromatic rings. The lowest BCUT2D eigenvalue weighted by molar-refractivity contribution is -0.119. The number of thiazole rings is 1. The van der Waals surface area contributed by atoms with Crippen molar-refractivity contribution in [2.75, 3.05) is 25.1 Å². The predicted octanol–water partition coefficient (Wildman–Crippen LogP) is 4.31. The highest BCUT2D eigenvalue weighted by Gasteiger charge is 2.14. The molecule has 31 heavy (non-hydrogen) atoms. The van der Waals surface area contributed by atoms with Crippen LogP contribution in [0.25, 0.3) is 0 Å². The SMILES string of the molecule is Cc1nc(CSc2ccc(C(=O)OCC(=O)Nc3ccc4c(c3)OCCO4)cc2)cs1. The van der Waals surface area contributed by atoms with Crippen molar-refractivity contribution < 1.29 is 23.8 Å². The van der Waals surface area contributed by atoms with Gasteiger partial charge in [-0.2, -0.15) is 0 Å². The Kier molecular flexibility index (Phi) is 6.73. The molecule has 7 nitrogen and oxygen atoms in total. The van der Waals surface area contributed by atoms with Crippen LogP contribution in [-0.2, 0) is 15.3 Å². The summed E-state index contributed by atoms with van der Waals surface area (Å²) in [5.41, 5.74) is 1.97. The van der Waals surface area contributed by atoms with Crippen molar-refractivity contribution in [1.29, 1.82) is 0 Å². The molecule has 2 aromatic carbocycles. The van der Waals surface area contributed by atoms with Crippen molar-refractivity contribution >= 4 is 40.7 Å². The topological polar surface area (TPSA) is 86.8 Å². The van der Waals surface area contributed by atoms with Gasteiger partial charge in [-0.3, -0.25) is 4.79 Å². The number of aromatic nitrogens is 1. The van der Waals surface area contributed by atoms with Gasteiger partial charge in [-0.05, 0) is 43.3 Å². The predicted molar refractivity (Wildman–Crippen MR) is 119 cm³/mol. The summed E-state index contributed by atoms with van der Waals surface area (Å²) in [5.74, 6) is 0.997. The molecule has 2 heterocycles. The van der Waals surface area contributed by atoms with Gasteiger partial charge in [-0.1, -0.05) is 0 Å². The van der Waals surface area contributed by atoms with Gasteiger partial charge in [-0.15, -0.1) is 23.1 Å². The Labute approximate surface area is 187 Å². The van der Waals surface area contributed by atoms with E-state index in [4.69, 9.17) is 14.2 Å². The molecular weight excluding hydrogens is 436 g/mol. The number of anilines is 1. The van der Waals surface area contributed by atoms with Crippen LogP contribution in [0, 0.1) is 6.92 Å². The third-order valence-electron chi connectivity index (χ3n) is 4.30. The van der Waals surface area contributed by atoms with Crippen LogP contribution in [0.1, 0.15) is 21.1 Å². The molecule has 0 saturated heterocycles. The molecule has 0 spiro atoms. The monoisotopic (exact) mass is 456 g/mol. The number of thioether (sulfide) groups is 1. The van der Waals surface area contributed by atoms with Gasteiger partial charge in [-0.25, -0.2) is 9.78 Å². The molecule has 0 saturated carbocycles. The van der Waals surface area contributed by atoms with Crippen LogP contribution in [0.5, 0.6) is 11.5 Å². The highest BCUT2D eigenvalue weighted by Crippen LogP contribution is 2.32. The number of carbonyl (C=O) groups is 2. The Bertz CT molecular complexity index is 1080. The number of hydrogen-bond acceptors (Lipinski definition) is 8. The van der Waals surface area contributed by atoms with Gasteiger partial charge in [0, 0.05) is 27.8 Å². The highest BCUT2D eigenvalue weighted by atomic mass is 32.2. The van der Waals surface area contributed by atoms with Crippen LogP contribution in [-0.4, -0.2) is 36.7 Å². The van der Waals surface area contributed by atoms with E-state index in [0.29, 0.717) is 36.0 Å². The molecule has 0 unspecified atom stereocenters. The fraction of sp³-hybridized carbons (Fsp3) is 0.227. The van der Waals surface area contributed by atoms with Crippen LogP contribution in [0.4, 0.5) is 5.69 Å². The Morgan fingerprint density at radius 2 is 1.90 bits per heavy atom. The van der Waals surface area contributed by atoms with Crippen LogP contribution in [0.2, 0.25) is 0 Å². The number of aryl methyl sites for hydroxylation is 1. The van der Waals surface area contributed by atoms with E-state index in [9.17, 15) is 9.59 Å². The first kappa shape index (κ1) is 21.2. The van der Waals surface area contributed by atoms with Gasteiger partial charge in [0.05, 0.1) is 16.3 Å². The molecule has 160 valence electrons. The van der Waals surface area contributed by atoms with E-state index >= 15 is 0 Å². The average molecular weight is 457 g/mol. The fourth-order valence-electron chi connectivity index (χ4n) is 2.85. The number of nitrogens with zero attached hydrogens (tertiary/aromatic N) is 1. The summed E-state index contributed by atoms with van der Waals surface area (Å²) in [6.07, 6.45) is 0. The molecule has 0 atom stereocenters. The van der Waals surface area contributed by atoms with E-state index in [1.807, 2.05) is 24.4 Å². The molecule has 1 aromatic heterocycles. The number of carbonyl (C=O) groups excluding carboxylic acids is 2. The van der Waals surface area contributed by atoms with Gasteiger partial charge >= 0.3 is 5.97 Å². The van der Waals surface area contributed by atoms with Crippen molar-refractivity contribution in [3.05, 3.63) is 64.1 Å². The number of amides is 1. The third-order valence-corrected chi connectivity index (χ3v) is 6.17. The van der Waals surface area contributed by atoms with E-state index in [1.165, 1.54) is 0 Å². The summed E-state index contributed by atoms with van der Waals surface area (Å²) < 4.78 is 16.1. The molecule has 4 rings (SSSR count). The minimum atomic E-state index is -0.552. The fourth-order valence-corrected chi connectivity index (χ4v) is 4.36. The number of esters is 1. The minimum absolute atomic E-state index is 0.382. The summed E-state index contributed by atoms with van der Waals surface area (Å²) in [4.78, 5) is 29.8. The number of benzene rings is 2. The summed E-state index contributed by atoms with van der Waals surface area (Å²) in [6.45, 7) is 2.56. The van der Waals surface area contributed by atoms with Crippen LogP contribution < -0.4 is 14.8 Å². The summed E-state index contributed by atoms with van der Waals surface area (Å²) >= 11 is 3.28. The number of ether oxygens (including phenoxy) is 3. The van der Waals surface area contributed by atoms with Crippen LogP contribution >= 0.6 is 23.1 Å². The number of nitrogens with one attached hydrogen (secondary N) is 1. The van der Waals surface area contributed by atoms with Crippen molar-refractivity contribution in [3.8, 4) is 11.5 Å². The van der Waals surface area contributed by atoms with Crippen LogP contribution in [0.3, 0.4) is 0 Å². The van der Waals surface area contributed by atoms with E-state index in [1.54, 1.807) is 53.4 Å². The van der Waals surface area contributed by atoms with Crippen molar-refractivity contribution in [2.24, 2.45) is 0 Å². The normalized spacial score (nSPS) is 12.3. The first-order valence-corrected chi connectivity index (χ1v) is 11.4. The first-order valence-electron chi connectivity index (χ1n) is 9.57. The quantitative estimate of drug-likeness (QED) is 0.419. The maximum Gasteiger partial charge on any atom is 0.338 e. The summed E-state index contributed by atoms with van der Waals surface area (Å²) in [7, 11) is 0. The Morgan fingerprint density at radius 3 is 2.65 bits per heavy atom. The molecule has 0 bridgehead atoms. The second-order valence-electron chi connectivity index (χ2n) is 6.65. The van der Waals surface area contributed by atoms with E-state index in [0.717, 1.165) is 21.3 Å².